The number of benzene rings is 1. The average Bonchev–Trinajstić information content (AvgIpc) is 3.37. The van der Waals surface area contributed by atoms with E-state index in [1.54, 1.807) is 6.33 Å². The van der Waals surface area contributed by atoms with Crippen molar-refractivity contribution >= 4 is 17.3 Å². The molecule has 0 radical (unpaired) electrons. The summed E-state index contributed by atoms with van der Waals surface area (Å²) < 4.78 is 1.93. The summed E-state index contributed by atoms with van der Waals surface area (Å²) in [7, 11) is 1.94. The Labute approximate surface area is 229 Å². The van der Waals surface area contributed by atoms with Crippen LogP contribution in [0.5, 0.6) is 0 Å². The van der Waals surface area contributed by atoms with Gasteiger partial charge in [0.15, 0.2) is 0 Å². The van der Waals surface area contributed by atoms with E-state index in [0.717, 1.165) is 53.4 Å². The predicted molar refractivity (Wildman–Crippen MR) is 151 cm³/mol. The minimum atomic E-state index is -0.216. The van der Waals surface area contributed by atoms with Gasteiger partial charge in [0.05, 0.1) is 11.4 Å². The first kappa shape index (κ1) is 25.5. The standard InChI is InChI=1S/C30H36N8O/c1-28(2)17-32-25-19(16-33-29(3)9-10-29)11-23(36-26(25)28)27(39)35-21-8-6-7-20(12-21)30(13-22(14-30)31-4)15-24-37-34-18-38(24)5/h6-8,11-12,18,22,32-33H,9-10,13-17H2,1-3,5H3,(H,35,39). The molecule has 1 aliphatic heterocycles. The van der Waals surface area contributed by atoms with Gasteiger partial charge in [0.2, 0.25) is 6.04 Å². The second kappa shape index (κ2) is 9.16. The van der Waals surface area contributed by atoms with Crippen LogP contribution in [0.25, 0.3) is 4.85 Å². The second-order valence-electron chi connectivity index (χ2n) is 12.6. The zero-order valence-electron chi connectivity index (χ0n) is 23.1. The molecule has 2 aromatic heterocycles. The fourth-order valence-corrected chi connectivity index (χ4v) is 5.91. The molecule has 3 N–H and O–H groups in total. The molecule has 0 atom stereocenters. The first-order valence-electron chi connectivity index (χ1n) is 13.7. The van der Waals surface area contributed by atoms with Gasteiger partial charge in [0.25, 0.3) is 5.91 Å². The van der Waals surface area contributed by atoms with E-state index >= 15 is 0 Å². The maximum Gasteiger partial charge on any atom is 0.274 e. The van der Waals surface area contributed by atoms with Crippen LogP contribution < -0.4 is 16.0 Å². The zero-order chi connectivity index (χ0) is 27.4. The normalized spacial score (nSPS) is 23.7. The largest absolute Gasteiger partial charge is 0.382 e. The lowest BCUT2D eigenvalue weighted by Crippen LogP contribution is -2.45. The Bertz CT molecular complexity index is 1470. The highest BCUT2D eigenvalue weighted by molar-refractivity contribution is 6.03. The maximum absolute atomic E-state index is 13.6. The number of nitrogens with one attached hydrogen (secondary N) is 3. The quantitative estimate of drug-likeness (QED) is 0.379. The van der Waals surface area contributed by atoms with Crippen LogP contribution in [0, 0.1) is 6.57 Å². The number of rotatable bonds is 8. The number of pyridine rings is 1. The molecule has 3 heterocycles. The number of hydrogen-bond acceptors (Lipinski definition) is 6. The maximum atomic E-state index is 13.6. The molecule has 3 aromatic rings. The molecule has 0 spiro atoms. The summed E-state index contributed by atoms with van der Waals surface area (Å²) in [4.78, 5) is 22.2. The van der Waals surface area contributed by atoms with Gasteiger partial charge in [-0.05, 0) is 49.1 Å². The number of aromatic nitrogens is 4. The third kappa shape index (κ3) is 4.78. The number of carbonyl (C=O) groups excluding carboxylic acids is 1. The number of aryl methyl sites for hydroxylation is 1. The van der Waals surface area contributed by atoms with Crippen molar-refractivity contribution in [3.8, 4) is 0 Å². The number of nitrogens with zero attached hydrogens (tertiary/aromatic N) is 5. The number of amides is 1. The number of fused-ring (bicyclic) bond motifs is 1. The van der Waals surface area contributed by atoms with E-state index in [1.807, 2.05) is 35.9 Å². The first-order valence-corrected chi connectivity index (χ1v) is 13.7. The molecule has 0 saturated heterocycles. The van der Waals surface area contributed by atoms with Crippen molar-refractivity contribution < 1.29 is 4.79 Å². The zero-order valence-corrected chi connectivity index (χ0v) is 23.1. The van der Waals surface area contributed by atoms with E-state index in [1.165, 1.54) is 12.8 Å². The Morgan fingerprint density at radius 3 is 2.72 bits per heavy atom. The van der Waals surface area contributed by atoms with Crippen LogP contribution in [0.4, 0.5) is 11.4 Å². The summed E-state index contributed by atoms with van der Waals surface area (Å²) in [5, 5.41) is 18.6. The minimum Gasteiger partial charge on any atom is -0.382 e. The van der Waals surface area contributed by atoms with Crippen LogP contribution in [0.15, 0.2) is 36.7 Å². The summed E-state index contributed by atoms with van der Waals surface area (Å²) in [6, 6.07) is 9.96. The Morgan fingerprint density at radius 2 is 2.03 bits per heavy atom. The lowest BCUT2D eigenvalue weighted by atomic mass is 9.60. The van der Waals surface area contributed by atoms with Crippen LogP contribution in [-0.2, 0) is 30.8 Å². The van der Waals surface area contributed by atoms with Gasteiger partial charge in [-0.3, -0.25) is 4.79 Å². The molecule has 202 valence electrons. The second-order valence-corrected chi connectivity index (χ2v) is 12.6. The monoisotopic (exact) mass is 524 g/mol. The highest BCUT2D eigenvalue weighted by Crippen LogP contribution is 2.48. The van der Waals surface area contributed by atoms with Gasteiger partial charge in [-0.15, -0.1) is 10.2 Å². The van der Waals surface area contributed by atoms with E-state index in [4.69, 9.17) is 11.6 Å². The SMILES string of the molecule is [C-]#[N+]C1CC(Cc2nncn2C)(c2cccc(NC(=O)c3cc(CNC4(C)CC4)c4c(n3)C(C)(C)CN4)c2)C1. The number of hydrogen-bond donors (Lipinski definition) is 3. The van der Waals surface area contributed by atoms with E-state index in [2.05, 4.69) is 57.8 Å². The average molecular weight is 525 g/mol. The predicted octanol–water partition coefficient (Wildman–Crippen LogP) is 4.37. The van der Waals surface area contributed by atoms with Crippen LogP contribution >= 0.6 is 0 Å². The lowest BCUT2D eigenvalue weighted by molar-refractivity contribution is 0.102. The fraction of sp³-hybridized carbons (Fsp3) is 0.500. The Morgan fingerprint density at radius 1 is 1.23 bits per heavy atom. The summed E-state index contributed by atoms with van der Waals surface area (Å²) in [5.74, 6) is 0.680. The van der Waals surface area contributed by atoms with Crippen molar-refractivity contribution in [1.82, 2.24) is 25.1 Å². The van der Waals surface area contributed by atoms with Crippen LogP contribution in [-0.4, -0.2) is 43.8 Å². The lowest BCUT2D eigenvalue weighted by Gasteiger charge is -2.42. The third-order valence-corrected chi connectivity index (χ3v) is 8.86. The summed E-state index contributed by atoms with van der Waals surface area (Å²) in [5.41, 5.74) is 5.20. The Kier molecular flexibility index (Phi) is 5.99. The first-order chi connectivity index (χ1) is 18.6. The molecule has 6 rings (SSSR count). The molecule has 2 aliphatic carbocycles. The molecule has 9 nitrogen and oxygen atoms in total. The van der Waals surface area contributed by atoms with Gasteiger partial charge in [0, 0.05) is 61.5 Å². The molecule has 1 aromatic carbocycles. The van der Waals surface area contributed by atoms with E-state index in [0.29, 0.717) is 18.7 Å². The van der Waals surface area contributed by atoms with E-state index < -0.39 is 0 Å². The van der Waals surface area contributed by atoms with Crippen molar-refractivity contribution in [1.29, 1.82) is 0 Å². The minimum absolute atomic E-state index is 0.00832. The molecular formula is C30H36N8O. The molecule has 1 amide bonds. The van der Waals surface area contributed by atoms with Crippen LogP contribution in [0.2, 0.25) is 0 Å². The van der Waals surface area contributed by atoms with Gasteiger partial charge in [-0.2, -0.15) is 0 Å². The van der Waals surface area contributed by atoms with Gasteiger partial charge < -0.3 is 25.4 Å². The number of carbonyl (C=O) groups is 1. The molecular weight excluding hydrogens is 488 g/mol. The third-order valence-electron chi connectivity index (χ3n) is 8.86. The van der Waals surface area contributed by atoms with Crippen molar-refractivity contribution in [3.63, 3.8) is 0 Å². The molecule has 0 unspecified atom stereocenters. The Hall–Kier alpha value is -3.77. The topological polar surface area (TPSA) is 101 Å². The summed E-state index contributed by atoms with van der Waals surface area (Å²) in [6.07, 6.45) is 6.31. The molecule has 3 aliphatic rings. The van der Waals surface area contributed by atoms with Crippen LogP contribution in [0.1, 0.15) is 79.6 Å². The molecule has 2 fully saturated rings. The van der Waals surface area contributed by atoms with Gasteiger partial charge in [-0.1, -0.05) is 26.0 Å². The fourth-order valence-electron chi connectivity index (χ4n) is 5.91. The van der Waals surface area contributed by atoms with Gasteiger partial charge in [0.1, 0.15) is 17.8 Å². The smallest absolute Gasteiger partial charge is 0.274 e. The van der Waals surface area contributed by atoms with Gasteiger partial charge >= 0.3 is 0 Å². The van der Waals surface area contributed by atoms with Crippen molar-refractivity contribution in [2.75, 3.05) is 17.2 Å². The van der Waals surface area contributed by atoms with E-state index in [9.17, 15) is 4.79 Å². The summed E-state index contributed by atoms with van der Waals surface area (Å²) in [6.45, 7) is 15.6. The highest BCUT2D eigenvalue weighted by atomic mass is 16.1. The Balaban J connectivity index is 1.26. The highest BCUT2D eigenvalue weighted by Gasteiger charge is 2.50. The van der Waals surface area contributed by atoms with Crippen LogP contribution in [0.3, 0.4) is 0 Å². The van der Waals surface area contributed by atoms with Gasteiger partial charge in [-0.25, -0.2) is 11.6 Å². The van der Waals surface area contributed by atoms with E-state index in [-0.39, 0.29) is 28.3 Å². The number of anilines is 2. The molecule has 9 heteroatoms. The van der Waals surface area contributed by atoms with Crippen molar-refractivity contribution in [3.05, 3.63) is 76.4 Å². The van der Waals surface area contributed by atoms with Crippen molar-refractivity contribution in [2.24, 2.45) is 7.05 Å². The molecule has 2 saturated carbocycles. The summed E-state index contributed by atoms with van der Waals surface area (Å²) >= 11 is 0. The molecule has 39 heavy (non-hydrogen) atoms. The van der Waals surface area contributed by atoms with Crippen molar-refractivity contribution in [2.45, 2.75) is 81.8 Å². The molecule has 0 bridgehead atoms.